The number of aromatic nitrogens is 2. The van der Waals surface area contributed by atoms with Gasteiger partial charge in [-0.05, 0) is 50.2 Å². The highest BCUT2D eigenvalue weighted by Gasteiger charge is 2.42. The standard InChI is InChI=1S/C15H23N3O2S2/c1-9(12-6-10-3-4-11(12)5-10)16-13(19)7-22-15-18-17-14(20-15)8-21-2/h9-12H,3-8H2,1-2H3,(H,16,19)/t9-,10+,11+,12-/m1/s1. The molecule has 5 nitrogen and oxygen atoms in total. The first-order valence-electron chi connectivity index (χ1n) is 7.89. The van der Waals surface area contributed by atoms with E-state index in [4.69, 9.17) is 4.42 Å². The molecular weight excluding hydrogens is 318 g/mol. The third-order valence-corrected chi connectivity index (χ3v) is 6.22. The fraction of sp³-hybridized carbons (Fsp3) is 0.800. The second kappa shape index (κ2) is 7.25. The number of rotatable bonds is 7. The topological polar surface area (TPSA) is 68.0 Å². The van der Waals surface area contributed by atoms with E-state index in [0.29, 0.717) is 28.5 Å². The molecule has 2 aliphatic rings. The number of carbonyl (C=O) groups excluding carboxylic acids is 1. The summed E-state index contributed by atoms with van der Waals surface area (Å²) in [7, 11) is 0. The van der Waals surface area contributed by atoms with Gasteiger partial charge in [0.2, 0.25) is 11.8 Å². The first-order chi connectivity index (χ1) is 10.7. The van der Waals surface area contributed by atoms with Crippen LogP contribution < -0.4 is 5.32 Å². The normalized spacial score (nSPS) is 28.0. The van der Waals surface area contributed by atoms with Crippen LogP contribution in [0.3, 0.4) is 0 Å². The van der Waals surface area contributed by atoms with Crippen LogP contribution in [0.2, 0.25) is 0 Å². The van der Waals surface area contributed by atoms with Crippen LogP contribution in [0.25, 0.3) is 0 Å². The summed E-state index contributed by atoms with van der Waals surface area (Å²) in [5.74, 6) is 4.14. The van der Waals surface area contributed by atoms with Gasteiger partial charge in [-0.1, -0.05) is 18.2 Å². The van der Waals surface area contributed by atoms with Crippen LogP contribution in [-0.4, -0.2) is 34.2 Å². The zero-order chi connectivity index (χ0) is 15.5. The van der Waals surface area contributed by atoms with E-state index in [0.717, 1.165) is 11.8 Å². The van der Waals surface area contributed by atoms with Gasteiger partial charge < -0.3 is 9.73 Å². The number of amides is 1. The molecule has 2 bridgehead atoms. The third-order valence-electron chi connectivity index (χ3n) is 4.87. The van der Waals surface area contributed by atoms with E-state index in [2.05, 4.69) is 22.4 Å². The van der Waals surface area contributed by atoms with Gasteiger partial charge in [-0.2, -0.15) is 11.8 Å². The van der Waals surface area contributed by atoms with Crippen LogP contribution in [0.4, 0.5) is 0 Å². The average Bonchev–Trinajstić information content (AvgIpc) is 3.22. The molecule has 0 aromatic carbocycles. The van der Waals surface area contributed by atoms with Gasteiger partial charge >= 0.3 is 0 Å². The van der Waals surface area contributed by atoms with E-state index in [1.807, 2.05) is 6.26 Å². The van der Waals surface area contributed by atoms with Crippen molar-refractivity contribution in [3.8, 4) is 0 Å². The Balaban J connectivity index is 1.42. The van der Waals surface area contributed by atoms with Crippen LogP contribution in [0.5, 0.6) is 0 Å². The molecule has 1 amide bonds. The maximum absolute atomic E-state index is 12.1. The lowest BCUT2D eigenvalue weighted by Gasteiger charge is -2.28. The van der Waals surface area contributed by atoms with Gasteiger partial charge in [0.15, 0.2) is 0 Å². The predicted octanol–water partition coefficient (Wildman–Crippen LogP) is 2.97. The van der Waals surface area contributed by atoms with Crippen molar-refractivity contribution in [3.63, 3.8) is 0 Å². The summed E-state index contributed by atoms with van der Waals surface area (Å²) in [6.07, 6.45) is 7.40. The molecule has 7 heteroatoms. The molecule has 2 aliphatic carbocycles. The van der Waals surface area contributed by atoms with Gasteiger partial charge in [0.05, 0.1) is 11.5 Å². The molecule has 1 aromatic rings. The molecule has 3 rings (SSSR count). The zero-order valence-corrected chi connectivity index (χ0v) is 14.7. The van der Waals surface area contributed by atoms with Crippen LogP contribution in [0, 0.1) is 17.8 Å². The molecule has 0 aliphatic heterocycles. The Labute approximate surface area is 139 Å². The first kappa shape index (κ1) is 16.2. The summed E-state index contributed by atoms with van der Waals surface area (Å²) in [5, 5.41) is 11.5. The minimum Gasteiger partial charge on any atom is -0.415 e. The van der Waals surface area contributed by atoms with E-state index in [9.17, 15) is 4.79 Å². The minimum atomic E-state index is 0.0601. The van der Waals surface area contributed by atoms with Gasteiger partial charge in [0.25, 0.3) is 5.22 Å². The fourth-order valence-corrected chi connectivity index (χ4v) is 4.87. The van der Waals surface area contributed by atoms with Crippen LogP contribution in [0.1, 0.15) is 38.5 Å². The second-order valence-electron chi connectivity index (χ2n) is 6.38. The number of fused-ring (bicyclic) bond motifs is 2. The van der Waals surface area contributed by atoms with Crippen molar-refractivity contribution in [1.29, 1.82) is 0 Å². The molecule has 0 spiro atoms. The highest BCUT2D eigenvalue weighted by Crippen LogP contribution is 2.49. The fourth-order valence-electron chi connectivity index (χ4n) is 3.91. The number of carbonyl (C=O) groups is 1. The second-order valence-corrected chi connectivity index (χ2v) is 8.17. The van der Waals surface area contributed by atoms with Crippen molar-refractivity contribution < 1.29 is 9.21 Å². The van der Waals surface area contributed by atoms with Crippen molar-refractivity contribution in [3.05, 3.63) is 5.89 Å². The Hall–Kier alpha value is -0.690. The summed E-state index contributed by atoms with van der Waals surface area (Å²) >= 11 is 2.95. The molecule has 2 saturated carbocycles. The van der Waals surface area contributed by atoms with E-state index in [-0.39, 0.29) is 11.9 Å². The van der Waals surface area contributed by atoms with Gasteiger partial charge in [-0.15, -0.1) is 10.2 Å². The number of hydrogen-bond acceptors (Lipinski definition) is 6. The summed E-state index contributed by atoms with van der Waals surface area (Å²) in [4.78, 5) is 12.1. The molecule has 1 heterocycles. The van der Waals surface area contributed by atoms with E-state index in [1.165, 1.54) is 37.4 Å². The Morgan fingerprint density at radius 2 is 2.27 bits per heavy atom. The van der Waals surface area contributed by atoms with Gasteiger partial charge in [-0.3, -0.25) is 4.79 Å². The lowest BCUT2D eigenvalue weighted by atomic mass is 9.84. The van der Waals surface area contributed by atoms with Crippen LogP contribution in [-0.2, 0) is 10.5 Å². The Bertz CT molecular complexity index is 523. The third kappa shape index (κ3) is 3.79. The monoisotopic (exact) mass is 341 g/mol. The number of hydrogen-bond donors (Lipinski definition) is 1. The molecule has 0 radical (unpaired) electrons. The lowest BCUT2D eigenvalue weighted by molar-refractivity contribution is -0.119. The van der Waals surface area contributed by atoms with Crippen molar-refractivity contribution in [2.24, 2.45) is 17.8 Å². The zero-order valence-electron chi connectivity index (χ0n) is 13.1. The molecule has 4 atom stereocenters. The number of nitrogens with zero attached hydrogens (tertiary/aromatic N) is 2. The van der Waals surface area contributed by atoms with E-state index in [1.54, 1.807) is 11.8 Å². The van der Waals surface area contributed by atoms with E-state index >= 15 is 0 Å². The van der Waals surface area contributed by atoms with Crippen molar-refractivity contribution in [2.75, 3.05) is 12.0 Å². The smallest absolute Gasteiger partial charge is 0.277 e. The van der Waals surface area contributed by atoms with Gasteiger partial charge in [0, 0.05) is 6.04 Å². The SMILES string of the molecule is CSCc1nnc(SCC(=O)N[C@H](C)[C@H]2C[C@H]3CC[C@H]2C3)o1. The Morgan fingerprint density at radius 1 is 1.41 bits per heavy atom. The Kier molecular flexibility index (Phi) is 5.33. The van der Waals surface area contributed by atoms with Crippen molar-refractivity contribution >= 4 is 29.4 Å². The Morgan fingerprint density at radius 3 is 2.95 bits per heavy atom. The van der Waals surface area contributed by atoms with Gasteiger partial charge in [-0.25, -0.2) is 0 Å². The number of nitrogens with one attached hydrogen (secondary N) is 1. The predicted molar refractivity (Wildman–Crippen MR) is 88.8 cm³/mol. The summed E-state index contributed by atoms with van der Waals surface area (Å²) in [5.41, 5.74) is 0. The highest BCUT2D eigenvalue weighted by atomic mass is 32.2. The minimum absolute atomic E-state index is 0.0601. The molecule has 22 heavy (non-hydrogen) atoms. The summed E-state index contributed by atoms with van der Waals surface area (Å²) in [6.45, 7) is 2.15. The lowest BCUT2D eigenvalue weighted by Crippen LogP contribution is -2.40. The average molecular weight is 342 g/mol. The molecule has 1 aromatic heterocycles. The first-order valence-corrected chi connectivity index (χ1v) is 10.3. The molecular formula is C15H23N3O2S2. The highest BCUT2D eigenvalue weighted by molar-refractivity contribution is 7.99. The molecule has 0 unspecified atom stereocenters. The summed E-state index contributed by atoms with van der Waals surface area (Å²) in [6, 6.07) is 0.276. The van der Waals surface area contributed by atoms with Crippen LogP contribution >= 0.6 is 23.5 Å². The van der Waals surface area contributed by atoms with Crippen molar-refractivity contribution in [2.45, 2.75) is 49.6 Å². The number of thioether (sulfide) groups is 2. The van der Waals surface area contributed by atoms with Crippen LogP contribution in [0.15, 0.2) is 9.64 Å². The molecule has 0 saturated heterocycles. The van der Waals surface area contributed by atoms with Crippen molar-refractivity contribution in [1.82, 2.24) is 15.5 Å². The molecule has 122 valence electrons. The molecule has 1 N–H and O–H groups in total. The van der Waals surface area contributed by atoms with Gasteiger partial charge in [0.1, 0.15) is 0 Å². The maximum atomic E-state index is 12.1. The molecule has 2 fully saturated rings. The maximum Gasteiger partial charge on any atom is 0.277 e. The summed E-state index contributed by atoms with van der Waals surface area (Å²) < 4.78 is 5.46. The van der Waals surface area contributed by atoms with E-state index < -0.39 is 0 Å². The quantitative estimate of drug-likeness (QED) is 0.769. The largest absolute Gasteiger partial charge is 0.415 e.